The molecule has 0 spiro atoms. The van der Waals surface area contributed by atoms with Gasteiger partial charge in [0.05, 0.1) is 24.1 Å². The average molecular weight is 466 g/mol. The number of rotatable bonds is 9. The number of benzene rings is 1. The number of nitrogens with zero attached hydrogens (tertiary/aromatic N) is 2. The van der Waals surface area contributed by atoms with Gasteiger partial charge in [-0.2, -0.15) is 4.31 Å². The zero-order valence-corrected chi connectivity index (χ0v) is 19.2. The standard InChI is InChI=1S/C21H27N3O5S2/c1-16(25)22-17-7-9-20(10-8-17)31(27,28)23(2)15-21(26)24(13-18-5-3-11-29-18)14-19-6-4-12-30-19/h4,6-10,12,18H,3,5,11,13-15H2,1-2H3,(H,22,25). The van der Waals surface area contributed by atoms with Gasteiger partial charge in [-0.3, -0.25) is 9.59 Å². The van der Waals surface area contributed by atoms with Crippen LogP contribution in [0.3, 0.4) is 0 Å². The van der Waals surface area contributed by atoms with Crippen molar-refractivity contribution in [2.75, 3.05) is 32.1 Å². The third-order valence-corrected chi connectivity index (χ3v) is 7.65. The summed E-state index contributed by atoms with van der Waals surface area (Å²) in [6.07, 6.45) is 1.84. The lowest BCUT2D eigenvalue weighted by Crippen LogP contribution is -2.43. The maximum atomic E-state index is 13.0. The summed E-state index contributed by atoms with van der Waals surface area (Å²) in [4.78, 5) is 26.9. The summed E-state index contributed by atoms with van der Waals surface area (Å²) in [6.45, 7) is 2.66. The topological polar surface area (TPSA) is 96.0 Å². The fourth-order valence-corrected chi connectivity index (χ4v) is 5.19. The lowest BCUT2D eigenvalue weighted by atomic mass is 10.2. The van der Waals surface area contributed by atoms with Crippen LogP contribution in [0.1, 0.15) is 24.6 Å². The van der Waals surface area contributed by atoms with Crippen molar-refractivity contribution in [1.82, 2.24) is 9.21 Å². The van der Waals surface area contributed by atoms with Crippen LogP contribution < -0.4 is 5.32 Å². The number of hydrogen-bond acceptors (Lipinski definition) is 6. The maximum Gasteiger partial charge on any atom is 0.243 e. The molecule has 0 aliphatic carbocycles. The first-order valence-corrected chi connectivity index (χ1v) is 12.3. The minimum Gasteiger partial charge on any atom is -0.376 e. The van der Waals surface area contributed by atoms with Gasteiger partial charge in [0.1, 0.15) is 0 Å². The van der Waals surface area contributed by atoms with E-state index < -0.39 is 10.0 Å². The number of carbonyl (C=O) groups excluding carboxylic acids is 2. The Morgan fingerprint density at radius 3 is 2.55 bits per heavy atom. The SMILES string of the molecule is CC(=O)Nc1ccc(S(=O)(=O)N(C)CC(=O)N(Cc2cccs2)CC2CCCO2)cc1. The molecular formula is C21H27N3O5S2. The molecule has 168 valence electrons. The normalized spacial score (nSPS) is 16.4. The first-order valence-electron chi connectivity index (χ1n) is 10.0. The van der Waals surface area contributed by atoms with Crippen LogP contribution in [0.2, 0.25) is 0 Å². The van der Waals surface area contributed by atoms with E-state index >= 15 is 0 Å². The first-order chi connectivity index (χ1) is 14.8. The second kappa shape index (κ2) is 10.4. The van der Waals surface area contributed by atoms with Gasteiger partial charge in [0, 0.05) is 37.7 Å². The van der Waals surface area contributed by atoms with Crippen LogP contribution in [-0.4, -0.2) is 62.3 Å². The van der Waals surface area contributed by atoms with Crippen LogP contribution in [0, 0.1) is 0 Å². The molecule has 3 rings (SSSR count). The van der Waals surface area contributed by atoms with Crippen molar-refractivity contribution in [3.05, 3.63) is 46.7 Å². The van der Waals surface area contributed by atoms with E-state index in [4.69, 9.17) is 4.74 Å². The van der Waals surface area contributed by atoms with E-state index in [0.717, 1.165) is 22.0 Å². The molecule has 2 amide bonds. The Labute approximate surface area is 186 Å². The Morgan fingerprint density at radius 2 is 1.97 bits per heavy atom. The average Bonchev–Trinajstić information content (AvgIpc) is 3.41. The molecular weight excluding hydrogens is 438 g/mol. The van der Waals surface area contributed by atoms with E-state index in [1.54, 1.807) is 16.2 Å². The van der Waals surface area contributed by atoms with Crippen LogP contribution in [0.5, 0.6) is 0 Å². The van der Waals surface area contributed by atoms with E-state index in [1.807, 2.05) is 17.5 Å². The van der Waals surface area contributed by atoms with Crippen LogP contribution in [0.15, 0.2) is 46.7 Å². The summed E-state index contributed by atoms with van der Waals surface area (Å²) < 4.78 is 32.6. The Bertz CT molecular complexity index is 985. The fraction of sp³-hybridized carbons (Fsp3) is 0.429. The molecule has 1 aliphatic heterocycles. The number of nitrogens with one attached hydrogen (secondary N) is 1. The second-order valence-corrected chi connectivity index (χ2v) is 10.5. The monoisotopic (exact) mass is 465 g/mol. The number of ether oxygens (including phenoxy) is 1. The van der Waals surface area contributed by atoms with E-state index in [-0.39, 0.29) is 29.4 Å². The van der Waals surface area contributed by atoms with Crippen molar-refractivity contribution >= 4 is 38.9 Å². The van der Waals surface area contributed by atoms with Crippen LogP contribution in [-0.2, 0) is 30.9 Å². The number of hydrogen-bond donors (Lipinski definition) is 1. The largest absolute Gasteiger partial charge is 0.376 e. The molecule has 1 aromatic heterocycles. The minimum atomic E-state index is -3.86. The van der Waals surface area contributed by atoms with Gasteiger partial charge >= 0.3 is 0 Å². The Hall–Kier alpha value is -2.27. The van der Waals surface area contributed by atoms with Gasteiger partial charge in [-0.15, -0.1) is 11.3 Å². The summed E-state index contributed by atoms with van der Waals surface area (Å²) in [5.74, 6) is -0.514. The molecule has 1 aromatic carbocycles. The third-order valence-electron chi connectivity index (χ3n) is 4.97. The summed E-state index contributed by atoms with van der Waals surface area (Å²) in [5.41, 5.74) is 0.504. The van der Waals surface area contributed by atoms with Crippen molar-refractivity contribution < 1.29 is 22.7 Å². The van der Waals surface area contributed by atoms with Crippen molar-refractivity contribution in [2.45, 2.75) is 37.3 Å². The molecule has 0 radical (unpaired) electrons. The molecule has 1 atom stereocenters. The molecule has 1 fully saturated rings. The highest BCUT2D eigenvalue weighted by atomic mass is 32.2. The number of carbonyl (C=O) groups is 2. The molecule has 2 heterocycles. The van der Waals surface area contributed by atoms with E-state index in [9.17, 15) is 18.0 Å². The minimum absolute atomic E-state index is 0.0212. The summed E-state index contributed by atoms with van der Waals surface area (Å²) >= 11 is 1.56. The van der Waals surface area contributed by atoms with Crippen LogP contribution >= 0.6 is 11.3 Å². The molecule has 31 heavy (non-hydrogen) atoms. The molecule has 0 bridgehead atoms. The zero-order chi connectivity index (χ0) is 22.4. The predicted molar refractivity (Wildman–Crippen MR) is 119 cm³/mol. The molecule has 0 saturated carbocycles. The third kappa shape index (κ3) is 6.36. The van der Waals surface area contributed by atoms with E-state index in [0.29, 0.717) is 25.4 Å². The number of anilines is 1. The summed E-state index contributed by atoms with van der Waals surface area (Å²) in [5, 5.41) is 4.55. The van der Waals surface area contributed by atoms with E-state index in [2.05, 4.69) is 5.32 Å². The van der Waals surface area contributed by atoms with Gasteiger partial charge in [0.15, 0.2) is 0 Å². The number of amides is 2. The van der Waals surface area contributed by atoms with Crippen molar-refractivity contribution in [1.29, 1.82) is 0 Å². The second-order valence-electron chi connectivity index (χ2n) is 7.46. The quantitative estimate of drug-likeness (QED) is 0.614. The van der Waals surface area contributed by atoms with Crippen molar-refractivity contribution in [3.63, 3.8) is 0 Å². The molecule has 1 saturated heterocycles. The smallest absolute Gasteiger partial charge is 0.243 e. The van der Waals surface area contributed by atoms with Gasteiger partial charge < -0.3 is 15.0 Å². The molecule has 1 unspecified atom stereocenters. The van der Waals surface area contributed by atoms with Gasteiger partial charge in [0.25, 0.3) is 0 Å². The molecule has 1 N–H and O–H groups in total. The number of thiophene rings is 1. The Morgan fingerprint density at radius 1 is 1.23 bits per heavy atom. The van der Waals surface area contributed by atoms with E-state index in [1.165, 1.54) is 38.2 Å². The highest BCUT2D eigenvalue weighted by Gasteiger charge is 2.28. The highest BCUT2D eigenvalue weighted by molar-refractivity contribution is 7.89. The maximum absolute atomic E-state index is 13.0. The summed E-state index contributed by atoms with van der Waals surface area (Å²) in [6, 6.07) is 9.75. The fourth-order valence-electron chi connectivity index (χ4n) is 3.35. The molecule has 1 aliphatic rings. The van der Waals surface area contributed by atoms with Gasteiger partial charge in [-0.25, -0.2) is 8.42 Å². The zero-order valence-electron chi connectivity index (χ0n) is 17.6. The molecule has 8 nitrogen and oxygen atoms in total. The van der Waals surface area contributed by atoms with Crippen LogP contribution in [0.4, 0.5) is 5.69 Å². The van der Waals surface area contributed by atoms with Crippen LogP contribution in [0.25, 0.3) is 0 Å². The Kier molecular flexibility index (Phi) is 7.82. The lowest BCUT2D eigenvalue weighted by Gasteiger charge is -2.27. The molecule has 10 heteroatoms. The predicted octanol–water partition coefficient (Wildman–Crippen LogP) is 2.53. The van der Waals surface area contributed by atoms with Gasteiger partial charge in [-0.1, -0.05) is 6.07 Å². The van der Waals surface area contributed by atoms with Crippen molar-refractivity contribution in [2.24, 2.45) is 0 Å². The lowest BCUT2D eigenvalue weighted by molar-refractivity contribution is -0.133. The van der Waals surface area contributed by atoms with Gasteiger partial charge in [-0.05, 0) is 48.6 Å². The van der Waals surface area contributed by atoms with Crippen molar-refractivity contribution in [3.8, 4) is 0 Å². The first kappa shape index (κ1) is 23.4. The number of sulfonamides is 1. The van der Waals surface area contributed by atoms with Gasteiger partial charge in [0.2, 0.25) is 21.8 Å². The number of likely N-dealkylation sites (N-methyl/N-ethyl adjacent to an activating group) is 1. The summed E-state index contributed by atoms with van der Waals surface area (Å²) in [7, 11) is -2.46. The Balaban J connectivity index is 1.69. The molecule has 2 aromatic rings. The highest BCUT2D eigenvalue weighted by Crippen LogP contribution is 2.20.